The standard InChI is InChI=1S/C13H17BrO2/c1-8-5-11(15-4)9(2)10(3)12(8)13(14)6-16-7-13/h5H,6-7H2,1-4H3. The zero-order chi connectivity index (χ0) is 11.9. The highest BCUT2D eigenvalue weighted by molar-refractivity contribution is 9.09. The highest BCUT2D eigenvalue weighted by atomic mass is 79.9. The molecule has 1 saturated heterocycles. The molecule has 1 aliphatic rings. The zero-order valence-electron chi connectivity index (χ0n) is 10.2. The lowest BCUT2D eigenvalue weighted by atomic mass is 9.86. The van der Waals surface area contributed by atoms with E-state index in [0.29, 0.717) is 0 Å². The van der Waals surface area contributed by atoms with Crippen LogP contribution in [-0.4, -0.2) is 20.3 Å². The predicted octanol–water partition coefficient (Wildman–Crippen LogP) is 3.24. The van der Waals surface area contributed by atoms with Gasteiger partial charge in [0.05, 0.1) is 24.6 Å². The van der Waals surface area contributed by atoms with Crippen LogP contribution in [0.15, 0.2) is 6.07 Å². The molecule has 0 radical (unpaired) electrons. The minimum atomic E-state index is 0.0121. The van der Waals surface area contributed by atoms with Crippen LogP contribution in [0.4, 0.5) is 0 Å². The second-order valence-corrected chi connectivity index (χ2v) is 6.00. The molecule has 16 heavy (non-hydrogen) atoms. The van der Waals surface area contributed by atoms with Crippen molar-refractivity contribution in [2.24, 2.45) is 0 Å². The molecule has 0 spiro atoms. The summed E-state index contributed by atoms with van der Waals surface area (Å²) in [7, 11) is 1.72. The van der Waals surface area contributed by atoms with Gasteiger partial charge in [0.25, 0.3) is 0 Å². The average Bonchev–Trinajstić information content (AvgIpc) is 2.21. The number of halogens is 1. The number of ether oxygens (including phenoxy) is 2. The van der Waals surface area contributed by atoms with Crippen LogP contribution < -0.4 is 4.74 Å². The average molecular weight is 285 g/mol. The Bertz CT molecular complexity index is 422. The van der Waals surface area contributed by atoms with Crippen LogP contribution in [0.2, 0.25) is 0 Å². The first kappa shape index (κ1) is 11.9. The van der Waals surface area contributed by atoms with Gasteiger partial charge in [-0.2, -0.15) is 0 Å². The van der Waals surface area contributed by atoms with Gasteiger partial charge in [-0.15, -0.1) is 0 Å². The van der Waals surface area contributed by atoms with Crippen LogP contribution >= 0.6 is 15.9 Å². The molecule has 88 valence electrons. The molecule has 2 rings (SSSR count). The maximum Gasteiger partial charge on any atom is 0.122 e. The number of rotatable bonds is 2. The van der Waals surface area contributed by atoms with Gasteiger partial charge in [0, 0.05) is 0 Å². The summed E-state index contributed by atoms with van der Waals surface area (Å²) in [4.78, 5) is 0. The molecule has 0 aliphatic carbocycles. The van der Waals surface area contributed by atoms with E-state index < -0.39 is 0 Å². The van der Waals surface area contributed by atoms with Gasteiger partial charge >= 0.3 is 0 Å². The quantitative estimate of drug-likeness (QED) is 0.777. The third-order valence-corrected chi connectivity index (χ3v) is 4.23. The predicted molar refractivity (Wildman–Crippen MR) is 68.6 cm³/mol. The molecule has 0 N–H and O–H groups in total. The number of aryl methyl sites for hydroxylation is 1. The Balaban J connectivity index is 2.58. The largest absolute Gasteiger partial charge is 0.496 e. The first-order valence-electron chi connectivity index (χ1n) is 5.41. The van der Waals surface area contributed by atoms with Crippen molar-refractivity contribution in [3.8, 4) is 5.75 Å². The van der Waals surface area contributed by atoms with E-state index in [1.807, 2.05) is 0 Å². The van der Waals surface area contributed by atoms with Crippen molar-refractivity contribution in [3.05, 3.63) is 28.3 Å². The number of methoxy groups -OCH3 is 1. The maximum atomic E-state index is 5.38. The van der Waals surface area contributed by atoms with Gasteiger partial charge in [-0.1, -0.05) is 15.9 Å². The topological polar surface area (TPSA) is 18.5 Å². The second kappa shape index (κ2) is 4.04. The molecule has 2 nitrogen and oxygen atoms in total. The van der Waals surface area contributed by atoms with Gasteiger partial charge in [0.2, 0.25) is 0 Å². The molecule has 0 bridgehead atoms. The molecule has 1 aliphatic heterocycles. The summed E-state index contributed by atoms with van der Waals surface area (Å²) in [5, 5.41) is 0. The number of benzene rings is 1. The monoisotopic (exact) mass is 284 g/mol. The van der Waals surface area contributed by atoms with E-state index in [4.69, 9.17) is 9.47 Å². The molecule has 0 aromatic heterocycles. The molecule has 0 amide bonds. The SMILES string of the molecule is COc1cc(C)c(C2(Br)COC2)c(C)c1C. The molecule has 0 saturated carbocycles. The van der Waals surface area contributed by atoms with Gasteiger partial charge in [-0.25, -0.2) is 0 Å². The molecule has 3 heteroatoms. The second-order valence-electron chi connectivity index (χ2n) is 4.48. The number of hydrogen-bond donors (Lipinski definition) is 0. The van der Waals surface area contributed by atoms with Gasteiger partial charge < -0.3 is 9.47 Å². The Kier molecular flexibility index (Phi) is 3.01. The lowest BCUT2D eigenvalue weighted by Crippen LogP contribution is -2.42. The molecule has 1 heterocycles. The smallest absolute Gasteiger partial charge is 0.122 e. The zero-order valence-corrected chi connectivity index (χ0v) is 11.8. The first-order valence-corrected chi connectivity index (χ1v) is 6.21. The lowest BCUT2D eigenvalue weighted by Gasteiger charge is -2.39. The Morgan fingerprint density at radius 3 is 2.31 bits per heavy atom. The van der Waals surface area contributed by atoms with E-state index in [1.165, 1.54) is 22.3 Å². The van der Waals surface area contributed by atoms with Crippen LogP contribution in [-0.2, 0) is 9.06 Å². The molecular weight excluding hydrogens is 268 g/mol. The van der Waals surface area contributed by atoms with Crippen molar-refractivity contribution in [2.45, 2.75) is 25.1 Å². The molecule has 0 atom stereocenters. The third kappa shape index (κ3) is 1.66. The Morgan fingerprint density at radius 1 is 1.25 bits per heavy atom. The van der Waals surface area contributed by atoms with E-state index in [9.17, 15) is 0 Å². The Morgan fingerprint density at radius 2 is 1.88 bits per heavy atom. The lowest BCUT2D eigenvalue weighted by molar-refractivity contribution is -0.00755. The van der Waals surface area contributed by atoms with Gasteiger partial charge in [0.15, 0.2) is 0 Å². The van der Waals surface area contributed by atoms with Crippen LogP contribution in [0.3, 0.4) is 0 Å². The summed E-state index contributed by atoms with van der Waals surface area (Å²) in [6.07, 6.45) is 0. The van der Waals surface area contributed by atoms with E-state index in [1.54, 1.807) is 7.11 Å². The van der Waals surface area contributed by atoms with Crippen molar-refractivity contribution >= 4 is 15.9 Å². The van der Waals surface area contributed by atoms with E-state index in [2.05, 4.69) is 42.8 Å². The fourth-order valence-corrected chi connectivity index (χ4v) is 3.31. The van der Waals surface area contributed by atoms with Crippen molar-refractivity contribution in [3.63, 3.8) is 0 Å². The Labute approximate surface area is 105 Å². The molecule has 1 aromatic rings. The molecule has 1 aromatic carbocycles. The van der Waals surface area contributed by atoms with Crippen molar-refractivity contribution in [1.82, 2.24) is 0 Å². The van der Waals surface area contributed by atoms with Crippen molar-refractivity contribution in [2.75, 3.05) is 20.3 Å². The Hall–Kier alpha value is -0.540. The summed E-state index contributed by atoms with van der Waals surface area (Å²) in [5.41, 5.74) is 5.14. The van der Waals surface area contributed by atoms with E-state index in [0.717, 1.165) is 19.0 Å². The third-order valence-electron chi connectivity index (χ3n) is 3.38. The summed E-state index contributed by atoms with van der Waals surface area (Å²) in [6.45, 7) is 7.89. The molecular formula is C13H17BrO2. The van der Waals surface area contributed by atoms with Crippen molar-refractivity contribution in [1.29, 1.82) is 0 Å². The van der Waals surface area contributed by atoms with E-state index >= 15 is 0 Å². The summed E-state index contributed by atoms with van der Waals surface area (Å²) < 4.78 is 10.7. The highest BCUT2D eigenvalue weighted by Crippen LogP contribution is 2.44. The van der Waals surface area contributed by atoms with Crippen LogP contribution in [0.5, 0.6) is 5.75 Å². The maximum absolute atomic E-state index is 5.38. The molecule has 1 fully saturated rings. The summed E-state index contributed by atoms with van der Waals surface area (Å²) in [5.74, 6) is 0.968. The summed E-state index contributed by atoms with van der Waals surface area (Å²) >= 11 is 3.79. The minimum Gasteiger partial charge on any atom is -0.496 e. The van der Waals surface area contributed by atoms with Gasteiger partial charge in [0.1, 0.15) is 5.75 Å². The summed E-state index contributed by atoms with van der Waals surface area (Å²) in [6, 6.07) is 2.11. The fourth-order valence-electron chi connectivity index (χ4n) is 2.37. The first-order chi connectivity index (χ1) is 7.49. The minimum absolute atomic E-state index is 0.0121. The van der Waals surface area contributed by atoms with Crippen molar-refractivity contribution < 1.29 is 9.47 Å². The highest BCUT2D eigenvalue weighted by Gasteiger charge is 2.40. The fraction of sp³-hybridized carbons (Fsp3) is 0.538. The van der Waals surface area contributed by atoms with Crippen LogP contribution in [0.25, 0.3) is 0 Å². The van der Waals surface area contributed by atoms with Gasteiger partial charge in [-0.3, -0.25) is 0 Å². The van der Waals surface area contributed by atoms with E-state index in [-0.39, 0.29) is 4.32 Å². The number of hydrogen-bond acceptors (Lipinski definition) is 2. The van der Waals surface area contributed by atoms with Crippen LogP contribution in [0.1, 0.15) is 22.3 Å². The molecule has 0 unspecified atom stereocenters. The normalized spacial score (nSPS) is 18.1. The van der Waals surface area contributed by atoms with Gasteiger partial charge in [-0.05, 0) is 49.1 Å². The van der Waals surface area contributed by atoms with Crippen LogP contribution in [0, 0.1) is 20.8 Å². The number of alkyl halides is 1.